The van der Waals surface area contributed by atoms with E-state index in [2.05, 4.69) is 4.90 Å². The predicted octanol–water partition coefficient (Wildman–Crippen LogP) is 1.52. The highest BCUT2D eigenvalue weighted by Gasteiger charge is 2.29. The van der Waals surface area contributed by atoms with Crippen LogP contribution in [0.5, 0.6) is 0 Å². The summed E-state index contributed by atoms with van der Waals surface area (Å²) in [6, 6.07) is 6.43. The second-order valence-electron chi connectivity index (χ2n) is 4.46. The lowest BCUT2D eigenvalue weighted by molar-refractivity contribution is 0.0690. The fourth-order valence-electron chi connectivity index (χ4n) is 2.25. The van der Waals surface area contributed by atoms with E-state index in [9.17, 15) is 9.59 Å². The lowest BCUT2D eigenvalue weighted by atomic mass is 9.93. The maximum Gasteiger partial charge on any atom is 0.336 e. The molecular formula is C13H15NO3. The van der Waals surface area contributed by atoms with Gasteiger partial charge in [-0.15, -0.1) is 0 Å². The highest BCUT2D eigenvalue weighted by Crippen LogP contribution is 2.21. The Morgan fingerprint density at radius 3 is 2.47 bits per heavy atom. The third-order valence-electron chi connectivity index (χ3n) is 3.19. The fourth-order valence-corrected chi connectivity index (χ4v) is 2.25. The topological polar surface area (TPSA) is 57.6 Å². The molecule has 4 heteroatoms. The third kappa shape index (κ3) is 2.36. The Labute approximate surface area is 99.9 Å². The van der Waals surface area contributed by atoms with Crippen molar-refractivity contribution in [2.75, 3.05) is 20.1 Å². The molecule has 1 aromatic rings. The standard InChI is InChI=1S/C13H15NO3/c1-14-7-6-9(8-14)12(15)10-4-2-3-5-11(10)13(16)17/h2-5,9H,6-8H2,1H3,(H,16,17). The minimum absolute atomic E-state index is 0.0487. The summed E-state index contributed by atoms with van der Waals surface area (Å²) in [5.74, 6) is -1.16. The Balaban J connectivity index is 2.28. The van der Waals surface area contributed by atoms with Gasteiger partial charge < -0.3 is 10.0 Å². The number of hydrogen-bond donors (Lipinski definition) is 1. The van der Waals surface area contributed by atoms with E-state index in [4.69, 9.17) is 5.11 Å². The van der Waals surface area contributed by atoms with Crippen LogP contribution < -0.4 is 0 Å². The zero-order valence-electron chi connectivity index (χ0n) is 9.72. The average molecular weight is 233 g/mol. The molecule has 0 saturated carbocycles. The van der Waals surface area contributed by atoms with Gasteiger partial charge in [0, 0.05) is 18.0 Å². The molecule has 0 aromatic heterocycles. The SMILES string of the molecule is CN1CCC(C(=O)c2ccccc2C(=O)O)C1. The molecule has 17 heavy (non-hydrogen) atoms. The molecule has 1 unspecified atom stereocenters. The first-order chi connectivity index (χ1) is 8.09. The summed E-state index contributed by atoms with van der Waals surface area (Å²) in [4.78, 5) is 25.4. The van der Waals surface area contributed by atoms with Gasteiger partial charge in [0.25, 0.3) is 0 Å². The van der Waals surface area contributed by atoms with Gasteiger partial charge in [-0.25, -0.2) is 4.79 Å². The van der Waals surface area contributed by atoms with Crippen molar-refractivity contribution < 1.29 is 14.7 Å². The molecule has 0 amide bonds. The van der Waals surface area contributed by atoms with Gasteiger partial charge in [0.05, 0.1) is 5.56 Å². The number of rotatable bonds is 3. The number of ketones is 1. The van der Waals surface area contributed by atoms with Crippen LogP contribution in [-0.4, -0.2) is 41.9 Å². The Hall–Kier alpha value is -1.68. The number of hydrogen-bond acceptors (Lipinski definition) is 3. The van der Waals surface area contributed by atoms with Gasteiger partial charge in [0.1, 0.15) is 0 Å². The molecule has 1 atom stereocenters. The monoisotopic (exact) mass is 233 g/mol. The van der Waals surface area contributed by atoms with E-state index < -0.39 is 5.97 Å². The number of carbonyl (C=O) groups excluding carboxylic acids is 1. The van der Waals surface area contributed by atoms with E-state index in [1.54, 1.807) is 18.2 Å². The number of carboxylic acid groups (broad SMARTS) is 1. The number of nitrogens with zero attached hydrogens (tertiary/aromatic N) is 1. The maximum absolute atomic E-state index is 12.2. The highest BCUT2D eigenvalue weighted by atomic mass is 16.4. The summed E-state index contributed by atoms with van der Waals surface area (Å²) >= 11 is 0. The largest absolute Gasteiger partial charge is 0.478 e. The Morgan fingerprint density at radius 2 is 1.94 bits per heavy atom. The van der Waals surface area contributed by atoms with Crippen molar-refractivity contribution in [1.29, 1.82) is 0 Å². The second kappa shape index (κ2) is 4.67. The van der Waals surface area contributed by atoms with Crippen molar-refractivity contribution >= 4 is 11.8 Å². The smallest absolute Gasteiger partial charge is 0.336 e. The molecule has 1 aromatic carbocycles. The first kappa shape index (κ1) is 11.8. The molecular weight excluding hydrogens is 218 g/mol. The maximum atomic E-state index is 12.2. The first-order valence-corrected chi connectivity index (χ1v) is 5.64. The minimum Gasteiger partial charge on any atom is -0.478 e. The van der Waals surface area contributed by atoms with E-state index in [1.807, 2.05) is 7.05 Å². The van der Waals surface area contributed by atoms with Gasteiger partial charge in [-0.3, -0.25) is 4.79 Å². The van der Waals surface area contributed by atoms with Crippen molar-refractivity contribution in [3.05, 3.63) is 35.4 Å². The van der Waals surface area contributed by atoms with Crippen molar-refractivity contribution in [1.82, 2.24) is 4.90 Å². The van der Waals surface area contributed by atoms with Crippen LogP contribution in [0.4, 0.5) is 0 Å². The Kier molecular flexibility index (Phi) is 3.24. The number of aromatic carboxylic acids is 1. The zero-order chi connectivity index (χ0) is 12.4. The van der Waals surface area contributed by atoms with Crippen LogP contribution >= 0.6 is 0 Å². The molecule has 1 N–H and O–H groups in total. The van der Waals surface area contributed by atoms with Crippen molar-refractivity contribution in [2.45, 2.75) is 6.42 Å². The van der Waals surface area contributed by atoms with Gasteiger partial charge in [-0.1, -0.05) is 18.2 Å². The van der Waals surface area contributed by atoms with Gasteiger partial charge in [0.15, 0.2) is 5.78 Å². The number of carbonyl (C=O) groups is 2. The predicted molar refractivity (Wildman–Crippen MR) is 63.3 cm³/mol. The molecule has 1 fully saturated rings. The molecule has 1 aliphatic heterocycles. The first-order valence-electron chi connectivity index (χ1n) is 5.64. The van der Waals surface area contributed by atoms with E-state index in [0.717, 1.165) is 13.0 Å². The third-order valence-corrected chi connectivity index (χ3v) is 3.19. The molecule has 0 aliphatic carbocycles. The number of carboxylic acids is 1. The van der Waals surface area contributed by atoms with Crippen LogP contribution in [0.25, 0.3) is 0 Å². The van der Waals surface area contributed by atoms with Crippen LogP contribution in [0.3, 0.4) is 0 Å². The van der Waals surface area contributed by atoms with Crippen LogP contribution in [0.2, 0.25) is 0 Å². The Morgan fingerprint density at radius 1 is 1.29 bits per heavy atom. The summed E-state index contributed by atoms with van der Waals surface area (Å²) in [5.41, 5.74) is 0.437. The fraction of sp³-hybridized carbons (Fsp3) is 0.385. The van der Waals surface area contributed by atoms with Crippen LogP contribution in [-0.2, 0) is 0 Å². The lowest BCUT2D eigenvalue weighted by Gasteiger charge is -2.11. The molecule has 2 rings (SSSR count). The number of benzene rings is 1. The van der Waals surface area contributed by atoms with Crippen LogP contribution in [0.15, 0.2) is 24.3 Å². The average Bonchev–Trinajstić information content (AvgIpc) is 2.75. The van der Waals surface area contributed by atoms with Gasteiger partial charge in [-0.2, -0.15) is 0 Å². The van der Waals surface area contributed by atoms with Crippen LogP contribution in [0, 0.1) is 5.92 Å². The summed E-state index contributed by atoms with van der Waals surface area (Å²) in [6.45, 7) is 1.61. The van der Waals surface area contributed by atoms with Gasteiger partial charge in [0.2, 0.25) is 0 Å². The molecule has 1 heterocycles. The Bertz CT molecular complexity index is 456. The molecule has 0 bridgehead atoms. The summed E-state index contributed by atoms with van der Waals surface area (Å²) in [7, 11) is 1.97. The van der Waals surface area contributed by atoms with E-state index >= 15 is 0 Å². The summed E-state index contributed by atoms with van der Waals surface area (Å²) in [5, 5.41) is 9.05. The molecule has 1 aliphatic rings. The molecule has 4 nitrogen and oxygen atoms in total. The summed E-state index contributed by atoms with van der Waals surface area (Å²) < 4.78 is 0. The molecule has 0 spiro atoms. The minimum atomic E-state index is -1.04. The lowest BCUT2D eigenvalue weighted by Crippen LogP contribution is -2.21. The molecule has 1 saturated heterocycles. The highest BCUT2D eigenvalue weighted by molar-refractivity contribution is 6.06. The van der Waals surface area contributed by atoms with E-state index in [0.29, 0.717) is 12.1 Å². The zero-order valence-corrected chi connectivity index (χ0v) is 9.72. The van der Waals surface area contributed by atoms with Crippen molar-refractivity contribution in [2.24, 2.45) is 5.92 Å². The molecule has 0 radical (unpaired) electrons. The second-order valence-corrected chi connectivity index (χ2v) is 4.46. The van der Waals surface area contributed by atoms with Gasteiger partial charge in [-0.05, 0) is 26.1 Å². The number of likely N-dealkylation sites (tertiary alicyclic amines) is 1. The summed E-state index contributed by atoms with van der Waals surface area (Å²) in [6.07, 6.45) is 0.809. The van der Waals surface area contributed by atoms with Crippen molar-refractivity contribution in [3.8, 4) is 0 Å². The van der Waals surface area contributed by atoms with Crippen LogP contribution in [0.1, 0.15) is 27.1 Å². The molecule has 90 valence electrons. The number of Topliss-reactive ketones (excluding diaryl/α,β-unsaturated/α-hetero) is 1. The normalized spacial score (nSPS) is 20.4. The quantitative estimate of drug-likeness (QED) is 0.804. The van der Waals surface area contributed by atoms with E-state index in [1.165, 1.54) is 6.07 Å². The van der Waals surface area contributed by atoms with E-state index in [-0.39, 0.29) is 17.3 Å². The van der Waals surface area contributed by atoms with Crippen molar-refractivity contribution in [3.63, 3.8) is 0 Å². The van der Waals surface area contributed by atoms with Gasteiger partial charge >= 0.3 is 5.97 Å².